The second kappa shape index (κ2) is 12.7. The topological polar surface area (TPSA) is 72.0 Å². The van der Waals surface area contributed by atoms with Crippen molar-refractivity contribution in [3.63, 3.8) is 0 Å². The van der Waals surface area contributed by atoms with Crippen molar-refractivity contribution in [3.8, 4) is 11.5 Å². The van der Waals surface area contributed by atoms with Crippen LogP contribution >= 0.6 is 0 Å². The van der Waals surface area contributed by atoms with Crippen LogP contribution in [-0.2, 0) is 17.9 Å². The van der Waals surface area contributed by atoms with E-state index in [1.165, 1.54) is 18.5 Å². The van der Waals surface area contributed by atoms with Gasteiger partial charge in [-0.1, -0.05) is 12.1 Å². The monoisotopic (exact) mass is 519 g/mol. The summed E-state index contributed by atoms with van der Waals surface area (Å²) in [6.45, 7) is 5.77. The molecule has 204 valence electrons. The van der Waals surface area contributed by atoms with E-state index in [0.717, 1.165) is 85.6 Å². The van der Waals surface area contributed by atoms with Gasteiger partial charge in [0.1, 0.15) is 11.5 Å². The number of rotatable bonds is 9. The van der Waals surface area contributed by atoms with Crippen molar-refractivity contribution >= 4 is 16.6 Å². The van der Waals surface area contributed by atoms with Gasteiger partial charge in [-0.15, -0.1) is 5.10 Å². The van der Waals surface area contributed by atoms with E-state index in [1.807, 2.05) is 18.2 Å². The van der Waals surface area contributed by atoms with Crippen LogP contribution in [0.4, 0.5) is 5.82 Å². The molecular weight excluding hydrogens is 478 g/mol. The molecule has 8 nitrogen and oxygen atoms in total. The largest absolute Gasteiger partial charge is 0.497 e. The average molecular weight is 520 g/mol. The first-order valence-corrected chi connectivity index (χ1v) is 13.9. The number of ether oxygens (including phenoxy) is 3. The molecule has 2 saturated heterocycles. The molecule has 1 N–H and O–H groups in total. The van der Waals surface area contributed by atoms with Crippen LogP contribution in [0.2, 0.25) is 0 Å². The fourth-order valence-electron chi connectivity index (χ4n) is 5.55. The maximum atomic E-state index is 6.29. The summed E-state index contributed by atoms with van der Waals surface area (Å²) < 4.78 is 17.1. The second-order valence-corrected chi connectivity index (χ2v) is 10.7. The van der Waals surface area contributed by atoms with Crippen LogP contribution in [0.1, 0.15) is 43.4 Å². The van der Waals surface area contributed by atoms with Crippen molar-refractivity contribution < 1.29 is 14.2 Å². The molecule has 2 fully saturated rings. The maximum absolute atomic E-state index is 6.29. The molecule has 1 aromatic heterocycles. The first-order chi connectivity index (χ1) is 18.6. The van der Waals surface area contributed by atoms with Crippen LogP contribution in [0.15, 0.2) is 42.5 Å². The summed E-state index contributed by atoms with van der Waals surface area (Å²) in [5.74, 6) is 2.62. The average Bonchev–Trinajstić information content (AvgIpc) is 3.15. The van der Waals surface area contributed by atoms with Crippen molar-refractivity contribution in [1.82, 2.24) is 20.0 Å². The lowest BCUT2D eigenvalue weighted by Crippen LogP contribution is -2.38. The van der Waals surface area contributed by atoms with Gasteiger partial charge in [-0.05, 0) is 81.6 Å². The van der Waals surface area contributed by atoms with Crippen LogP contribution in [0, 0.1) is 0 Å². The smallest absolute Gasteiger partial charge is 0.156 e. The lowest BCUT2D eigenvalue weighted by Gasteiger charge is -2.32. The first-order valence-electron chi connectivity index (χ1n) is 13.9. The molecule has 8 heteroatoms. The number of anilines is 1. The van der Waals surface area contributed by atoms with E-state index in [2.05, 4.69) is 56.6 Å². The normalized spacial score (nSPS) is 19.8. The quantitative estimate of drug-likeness (QED) is 0.435. The third kappa shape index (κ3) is 6.73. The van der Waals surface area contributed by atoms with E-state index in [4.69, 9.17) is 14.2 Å². The van der Waals surface area contributed by atoms with E-state index in [9.17, 15) is 0 Å². The van der Waals surface area contributed by atoms with Gasteiger partial charge < -0.3 is 24.4 Å². The number of hydrogen-bond donors (Lipinski definition) is 1. The Balaban J connectivity index is 1.14. The summed E-state index contributed by atoms with van der Waals surface area (Å²) in [5.41, 5.74) is 2.17. The lowest BCUT2D eigenvalue weighted by molar-refractivity contribution is 0.182. The Kier molecular flexibility index (Phi) is 8.94. The van der Waals surface area contributed by atoms with Crippen LogP contribution in [0.5, 0.6) is 11.5 Å². The Bertz CT molecular complexity index is 1180. The summed E-state index contributed by atoms with van der Waals surface area (Å²) in [5, 5.41) is 14.7. The van der Waals surface area contributed by atoms with Gasteiger partial charge in [0.05, 0.1) is 25.5 Å². The Morgan fingerprint density at radius 2 is 1.66 bits per heavy atom. The van der Waals surface area contributed by atoms with E-state index in [-0.39, 0.29) is 0 Å². The molecule has 0 radical (unpaired) electrons. The molecule has 5 rings (SSSR count). The Hall–Kier alpha value is -2.94. The molecule has 2 aliphatic rings. The highest BCUT2D eigenvalue weighted by atomic mass is 16.5. The summed E-state index contributed by atoms with van der Waals surface area (Å²) in [6.07, 6.45) is 5.90. The van der Waals surface area contributed by atoms with Gasteiger partial charge in [0, 0.05) is 50.1 Å². The van der Waals surface area contributed by atoms with Gasteiger partial charge >= 0.3 is 0 Å². The van der Waals surface area contributed by atoms with Crippen LogP contribution in [0.25, 0.3) is 10.8 Å². The van der Waals surface area contributed by atoms with Crippen LogP contribution in [-0.4, -0.2) is 79.6 Å². The summed E-state index contributed by atoms with van der Waals surface area (Å²) in [7, 11) is 5.56. The van der Waals surface area contributed by atoms with Crippen molar-refractivity contribution in [2.75, 3.05) is 52.8 Å². The van der Waals surface area contributed by atoms with Gasteiger partial charge in [0.15, 0.2) is 5.82 Å². The number of nitrogens with one attached hydrogen (secondary N) is 1. The van der Waals surface area contributed by atoms with Gasteiger partial charge in [0.25, 0.3) is 0 Å². The fourth-order valence-corrected chi connectivity index (χ4v) is 5.55. The molecule has 0 saturated carbocycles. The Morgan fingerprint density at radius 3 is 2.42 bits per heavy atom. The highest BCUT2D eigenvalue weighted by Crippen LogP contribution is 2.29. The number of hydrogen-bond acceptors (Lipinski definition) is 8. The van der Waals surface area contributed by atoms with E-state index < -0.39 is 0 Å². The standard InChI is InChI=1S/C30H41N5O3/c1-34-15-4-5-24(14-16-34)38-25-8-6-22(7-9-25)20-35-17-12-23(13-18-35)31-30-28-19-26(37-3)10-11-27(28)29(21-36-2)32-33-30/h6-11,19,23-24H,4-5,12-18,20-21H2,1-3H3,(H,31,33). The minimum absolute atomic E-state index is 0.330. The zero-order valence-corrected chi connectivity index (χ0v) is 23.0. The molecule has 2 aliphatic heterocycles. The Morgan fingerprint density at radius 1 is 0.868 bits per heavy atom. The van der Waals surface area contributed by atoms with Crippen molar-refractivity contribution in [1.29, 1.82) is 0 Å². The molecular formula is C30H41N5O3. The molecule has 1 unspecified atom stereocenters. The van der Waals surface area contributed by atoms with Gasteiger partial charge in [-0.25, -0.2) is 0 Å². The minimum Gasteiger partial charge on any atom is -0.497 e. The van der Waals surface area contributed by atoms with Crippen LogP contribution < -0.4 is 14.8 Å². The predicted molar refractivity (Wildman–Crippen MR) is 151 cm³/mol. The number of benzene rings is 2. The highest BCUT2D eigenvalue weighted by Gasteiger charge is 2.21. The summed E-state index contributed by atoms with van der Waals surface area (Å²) in [4.78, 5) is 4.93. The van der Waals surface area contributed by atoms with Crippen LogP contribution in [0.3, 0.4) is 0 Å². The molecule has 0 spiro atoms. The lowest BCUT2D eigenvalue weighted by atomic mass is 10.0. The van der Waals surface area contributed by atoms with E-state index >= 15 is 0 Å². The third-order valence-corrected chi connectivity index (χ3v) is 7.80. The van der Waals surface area contributed by atoms with Gasteiger partial charge in [-0.2, -0.15) is 5.10 Å². The van der Waals surface area contributed by atoms with E-state index in [0.29, 0.717) is 18.8 Å². The number of piperidine rings is 1. The summed E-state index contributed by atoms with van der Waals surface area (Å²) >= 11 is 0. The maximum Gasteiger partial charge on any atom is 0.156 e. The molecule has 0 bridgehead atoms. The highest BCUT2D eigenvalue weighted by molar-refractivity contribution is 5.94. The van der Waals surface area contributed by atoms with Crippen molar-refractivity contribution in [3.05, 3.63) is 53.7 Å². The number of aromatic nitrogens is 2. The first kappa shape index (κ1) is 26.7. The molecule has 3 aromatic rings. The fraction of sp³-hybridized carbons (Fsp3) is 0.533. The third-order valence-electron chi connectivity index (χ3n) is 7.80. The number of likely N-dealkylation sites (tertiary alicyclic amines) is 2. The summed E-state index contributed by atoms with van der Waals surface area (Å²) in [6, 6.07) is 15.1. The second-order valence-electron chi connectivity index (χ2n) is 10.7. The number of fused-ring (bicyclic) bond motifs is 1. The van der Waals surface area contributed by atoms with E-state index in [1.54, 1.807) is 14.2 Å². The molecule has 38 heavy (non-hydrogen) atoms. The molecule has 0 aliphatic carbocycles. The SMILES string of the molecule is COCc1nnc(NC2CCN(Cc3ccc(OC4CCCN(C)CC4)cc3)CC2)c2cc(OC)ccc12. The Labute approximate surface area is 226 Å². The predicted octanol–water partition coefficient (Wildman–Crippen LogP) is 4.72. The zero-order chi connectivity index (χ0) is 26.3. The molecule has 0 amide bonds. The number of methoxy groups -OCH3 is 2. The molecule has 1 atom stereocenters. The zero-order valence-electron chi connectivity index (χ0n) is 23.0. The van der Waals surface area contributed by atoms with Gasteiger partial charge in [0.2, 0.25) is 0 Å². The van der Waals surface area contributed by atoms with Gasteiger partial charge in [-0.3, -0.25) is 4.90 Å². The minimum atomic E-state index is 0.330. The molecule has 2 aromatic carbocycles. The molecule has 3 heterocycles. The van der Waals surface area contributed by atoms with Crippen molar-refractivity contribution in [2.45, 2.75) is 57.4 Å². The van der Waals surface area contributed by atoms with Crippen molar-refractivity contribution in [2.24, 2.45) is 0 Å². The number of nitrogens with zero attached hydrogens (tertiary/aromatic N) is 4.